The van der Waals surface area contributed by atoms with Gasteiger partial charge in [0.2, 0.25) is 0 Å². The monoisotopic (exact) mass is 263 g/mol. The zero-order valence-corrected chi connectivity index (χ0v) is 10.2. The lowest BCUT2D eigenvalue weighted by molar-refractivity contribution is -0.138. The van der Waals surface area contributed by atoms with E-state index in [0.717, 1.165) is 6.07 Å². The summed E-state index contributed by atoms with van der Waals surface area (Å²) in [6, 6.07) is 2.45. The summed E-state index contributed by atoms with van der Waals surface area (Å²) in [4.78, 5) is 0. The molecule has 0 aliphatic carbocycles. The minimum absolute atomic E-state index is 0.101. The van der Waals surface area contributed by atoms with E-state index in [1.54, 1.807) is 6.92 Å². The molecule has 0 aliphatic heterocycles. The Balaban J connectivity index is 3.26. The summed E-state index contributed by atoms with van der Waals surface area (Å²) in [5, 5.41) is 9.57. The lowest BCUT2D eigenvalue weighted by atomic mass is 9.95. The second-order valence-electron chi connectivity index (χ2n) is 3.95. The molecule has 1 aromatic rings. The summed E-state index contributed by atoms with van der Waals surface area (Å²) in [5.41, 5.74) is 4.65. The van der Waals surface area contributed by atoms with Crippen LogP contribution in [0.15, 0.2) is 18.2 Å². The van der Waals surface area contributed by atoms with E-state index in [-0.39, 0.29) is 17.7 Å². The van der Waals surface area contributed by atoms with Crippen molar-refractivity contribution in [1.82, 2.24) is 0 Å². The second kappa shape index (κ2) is 5.58. The highest BCUT2D eigenvalue weighted by atomic mass is 19.4. The molecule has 1 aromatic carbocycles. The van der Waals surface area contributed by atoms with Gasteiger partial charge < -0.3 is 15.6 Å². The largest absolute Gasteiger partial charge is 0.497 e. The molecule has 0 amide bonds. The molecule has 0 aliphatic rings. The molecule has 0 heterocycles. The Bertz CT molecular complexity index is 407. The van der Waals surface area contributed by atoms with Gasteiger partial charge in [0.1, 0.15) is 5.75 Å². The molecule has 6 heteroatoms. The molecule has 0 unspecified atom stereocenters. The van der Waals surface area contributed by atoms with Crippen LogP contribution in [0, 0.1) is 0 Å². The van der Waals surface area contributed by atoms with Crippen LogP contribution in [0.5, 0.6) is 5.75 Å². The number of halogens is 3. The lowest BCUT2D eigenvalue weighted by Crippen LogP contribution is -2.28. The van der Waals surface area contributed by atoms with E-state index >= 15 is 0 Å². The number of hydrogen-bond acceptors (Lipinski definition) is 3. The predicted molar refractivity (Wildman–Crippen MR) is 61.2 cm³/mol. The zero-order valence-electron chi connectivity index (χ0n) is 10.2. The van der Waals surface area contributed by atoms with Crippen LogP contribution in [0.2, 0.25) is 0 Å². The summed E-state index contributed by atoms with van der Waals surface area (Å²) in [6.07, 6.45) is -5.26. The number of alkyl halides is 3. The molecule has 2 atom stereocenters. The summed E-state index contributed by atoms with van der Waals surface area (Å²) < 4.78 is 43.5. The van der Waals surface area contributed by atoms with Crippen molar-refractivity contribution in [1.29, 1.82) is 0 Å². The maximum absolute atomic E-state index is 12.9. The first-order chi connectivity index (χ1) is 8.31. The Hall–Kier alpha value is -1.27. The fraction of sp³-hybridized carbons (Fsp3) is 0.500. The molecule has 3 N–H and O–H groups in total. The molecule has 1 rings (SSSR count). The molecular weight excluding hydrogens is 247 g/mol. The molecule has 0 radical (unpaired) electrons. The maximum atomic E-state index is 12.9. The standard InChI is InChI=1S/C12H16F3NO2/c1-3-10(17)11(16)8-5-4-7(18-2)6-9(8)12(13,14)15/h4-6,10-11,17H,3,16H2,1-2H3/t10-,11+/m0/s1. The van der Waals surface area contributed by atoms with Crippen molar-refractivity contribution in [2.45, 2.75) is 31.7 Å². The predicted octanol–water partition coefficient (Wildman–Crippen LogP) is 2.48. The van der Waals surface area contributed by atoms with E-state index < -0.39 is 23.9 Å². The van der Waals surface area contributed by atoms with Crippen LogP contribution in [0.3, 0.4) is 0 Å². The van der Waals surface area contributed by atoms with E-state index in [1.807, 2.05) is 0 Å². The highest BCUT2D eigenvalue weighted by molar-refractivity contribution is 5.39. The van der Waals surface area contributed by atoms with Crippen molar-refractivity contribution in [2.24, 2.45) is 5.73 Å². The SMILES string of the molecule is CC[C@H](O)[C@H](N)c1ccc(OC)cc1C(F)(F)F. The molecule has 18 heavy (non-hydrogen) atoms. The van der Waals surface area contributed by atoms with Gasteiger partial charge in [0, 0.05) is 0 Å². The van der Waals surface area contributed by atoms with Crippen molar-refractivity contribution in [2.75, 3.05) is 7.11 Å². The number of ether oxygens (including phenoxy) is 1. The summed E-state index contributed by atoms with van der Waals surface area (Å²) in [7, 11) is 1.29. The Kier molecular flexibility index (Phi) is 4.59. The van der Waals surface area contributed by atoms with Crippen molar-refractivity contribution in [3.63, 3.8) is 0 Å². The third-order valence-electron chi connectivity index (χ3n) is 2.76. The normalized spacial score (nSPS) is 15.3. The number of nitrogens with two attached hydrogens (primary N) is 1. The third-order valence-corrected chi connectivity index (χ3v) is 2.76. The number of hydrogen-bond donors (Lipinski definition) is 2. The van der Waals surface area contributed by atoms with Gasteiger partial charge in [-0.15, -0.1) is 0 Å². The zero-order chi connectivity index (χ0) is 13.9. The van der Waals surface area contributed by atoms with Gasteiger partial charge in [0.15, 0.2) is 0 Å². The van der Waals surface area contributed by atoms with Crippen LogP contribution in [0.25, 0.3) is 0 Å². The molecule has 0 saturated carbocycles. The molecule has 0 aromatic heterocycles. The van der Waals surface area contributed by atoms with Crippen molar-refractivity contribution in [3.05, 3.63) is 29.3 Å². The number of rotatable bonds is 4. The van der Waals surface area contributed by atoms with E-state index in [4.69, 9.17) is 10.5 Å². The third kappa shape index (κ3) is 3.14. The van der Waals surface area contributed by atoms with E-state index in [9.17, 15) is 18.3 Å². The minimum atomic E-state index is -4.53. The van der Waals surface area contributed by atoms with Crippen LogP contribution in [0.4, 0.5) is 13.2 Å². The Morgan fingerprint density at radius 2 is 2.00 bits per heavy atom. The van der Waals surface area contributed by atoms with Crippen LogP contribution in [-0.4, -0.2) is 18.3 Å². The van der Waals surface area contributed by atoms with E-state index in [0.29, 0.717) is 0 Å². The second-order valence-corrected chi connectivity index (χ2v) is 3.95. The van der Waals surface area contributed by atoms with Gasteiger partial charge in [-0.1, -0.05) is 13.0 Å². The maximum Gasteiger partial charge on any atom is 0.416 e. The summed E-state index contributed by atoms with van der Waals surface area (Å²) >= 11 is 0. The summed E-state index contributed by atoms with van der Waals surface area (Å²) in [5.74, 6) is 0.101. The Morgan fingerprint density at radius 1 is 1.39 bits per heavy atom. The quantitative estimate of drug-likeness (QED) is 0.877. The Labute approximate surface area is 103 Å². The van der Waals surface area contributed by atoms with Crippen LogP contribution >= 0.6 is 0 Å². The van der Waals surface area contributed by atoms with Crippen molar-refractivity contribution >= 4 is 0 Å². The molecule has 0 bridgehead atoms. The first-order valence-electron chi connectivity index (χ1n) is 5.50. The van der Waals surface area contributed by atoms with Gasteiger partial charge in [-0.25, -0.2) is 0 Å². The number of methoxy groups -OCH3 is 1. The van der Waals surface area contributed by atoms with Crippen LogP contribution in [-0.2, 0) is 6.18 Å². The number of aliphatic hydroxyl groups is 1. The van der Waals surface area contributed by atoms with Gasteiger partial charge in [0.25, 0.3) is 0 Å². The average Bonchev–Trinajstić information content (AvgIpc) is 2.35. The van der Waals surface area contributed by atoms with Crippen molar-refractivity contribution in [3.8, 4) is 5.75 Å². The summed E-state index contributed by atoms with van der Waals surface area (Å²) in [6.45, 7) is 1.65. The highest BCUT2D eigenvalue weighted by Crippen LogP contribution is 2.37. The van der Waals surface area contributed by atoms with Gasteiger partial charge >= 0.3 is 6.18 Å². The molecular formula is C12H16F3NO2. The molecule has 102 valence electrons. The number of benzene rings is 1. The molecule has 3 nitrogen and oxygen atoms in total. The van der Waals surface area contributed by atoms with Crippen LogP contribution < -0.4 is 10.5 Å². The fourth-order valence-corrected chi connectivity index (χ4v) is 1.66. The van der Waals surface area contributed by atoms with Gasteiger partial charge in [0.05, 0.1) is 24.8 Å². The Morgan fingerprint density at radius 3 is 2.44 bits per heavy atom. The van der Waals surface area contributed by atoms with Gasteiger partial charge in [-0.05, 0) is 24.1 Å². The fourth-order valence-electron chi connectivity index (χ4n) is 1.66. The van der Waals surface area contributed by atoms with Gasteiger partial charge in [-0.2, -0.15) is 13.2 Å². The first kappa shape index (κ1) is 14.8. The average molecular weight is 263 g/mol. The highest BCUT2D eigenvalue weighted by Gasteiger charge is 2.36. The molecule has 0 fully saturated rings. The number of aliphatic hydroxyl groups excluding tert-OH is 1. The van der Waals surface area contributed by atoms with E-state index in [2.05, 4.69) is 0 Å². The van der Waals surface area contributed by atoms with Crippen molar-refractivity contribution < 1.29 is 23.0 Å². The van der Waals surface area contributed by atoms with Gasteiger partial charge in [-0.3, -0.25) is 0 Å². The first-order valence-corrected chi connectivity index (χ1v) is 5.50. The van der Waals surface area contributed by atoms with E-state index in [1.165, 1.54) is 19.2 Å². The minimum Gasteiger partial charge on any atom is -0.497 e. The van der Waals surface area contributed by atoms with Crippen LogP contribution in [0.1, 0.15) is 30.5 Å². The molecule has 0 spiro atoms. The molecule has 0 saturated heterocycles. The lowest BCUT2D eigenvalue weighted by Gasteiger charge is -2.22. The smallest absolute Gasteiger partial charge is 0.416 e. The topological polar surface area (TPSA) is 55.5 Å².